The average Bonchev–Trinajstić information content (AvgIpc) is 2.46. The Morgan fingerprint density at radius 2 is 2.21 bits per heavy atom. The topological polar surface area (TPSA) is 54.3 Å². The van der Waals surface area contributed by atoms with Gasteiger partial charge in [0.25, 0.3) is 0 Å². The van der Waals surface area contributed by atoms with Crippen molar-refractivity contribution in [3.05, 3.63) is 28.8 Å². The second-order valence-electron chi connectivity index (χ2n) is 4.63. The molecule has 0 spiro atoms. The van der Waals surface area contributed by atoms with Crippen molar-refractivity contribution in [1.82, 2.24) is 0 Å². The largest absolute Gasteiger partial charge is 0.381 e. The van der Waals surface area contributed by atoms with Gasteiger partial charge in [-0.15, -0.1) is 0 Å². The van der Waals surface area contributed by atoms with E-state index in [0.29, 0.717) is 36.0 Å². The summed E-state index contributed by atoms with van der Waals surface area (Å²) in [5.74, 6) is 0. The van der Waals surface area contributed by atoms with E-state index in [2.05, 4.69) is 11.4 Å². The van der Waals surface area contributed by atoms with Gasteiger partial charge in [0, 0.05) is 39.7 Å². The Morgan fingerprint density at radius 3 is 2.84 bits per heavy atom. The van der Waals surface area contributed by atoms with E-state index in [1.54, 1.807) is 25.3 Å². The number of benzene rings is 1. The van der Waals surface area contributed by atoms with Crippen LogP contribution in [0.3, 0.4) is 0 Å². The number of ether oxygens (including phenoxy) is 2. The molecule has 1 saturated heterocycles. The fraction of sp³-hybridized carbons (Fsp3) is 0.500. The molecule has 0 aromatic heterocycles. The third-order valence-corrected chi connectivity index (χ3v) is 3.87. The zero-order chi connectivity index (χ0) is 13.7. The van der Waals surface area contributed by atoms with Crippen molar-refractivity contribution >= 4 is 17.3 Å². The number of hydrogen-bond donors (Lipinski definition) is 1. The van der Waals surface area contributed by atoms with Gasteiger partial charge in [-0.25, -0.2) is 0 Å². The van der Waals surface area contributed by atoms with Crippen LogP contribution < -0.4 is 5.32 Å². The average molecular weight is 281 g/mol. The number of nitrogens with zero attached hydrogens (tertiary/aromatic N) is 1. The minimum absolute atomic E-state index is 0.246. The maximum absolute atomic E-state index is 9.10. The Bertz CT molecular complexity index is 479. The lowest BCUT2D eigenvalue weighted by molar-refractivity contribution is -0.0807. The minimum Gasteiger partial charge on any atom is -0.381 e. The Balaban J connectivity index is 2.11. The molecule has 1 aliphatic heterocycles. The molecule has 0 unspecified atom stereocenters. The highest BCUT2D eigenvalue weighted by Gasteiger charge is 2.32. The molecule has 1 fully saturated rings. The number of methoxy groups -OCH3 is 1. The lowest BCUT2D eigenvalue weighted by Crippen LogP contribution is -2.44. The molecule has 0 bridgehead atoms. The van der Waals surface area contributed by atoms with E-state index in [1.165, 1.54) is 0 Å². The number of para-hydroxylation sites is 1. The summed E-state index contributed by atoms with van der Waals surface area (Å²) in [6.45, 7) is 2.01. The number of nitriles is 1. The van der Waals surface area contributed by atoms with E-state index < -0.39 is 0 Å². The van der Waals surface area contributed by atoms with E-state index in [9.17, 15) is 0 Å². The van der Waals surface area contributed by atoms with E-state index in [1.807, 2.05) is 0 Å². The van der Waals surface area contributed by atoms with Crippen LogP contribution in [-0.4, -0.2) is 32.5 Å². The first-order chi connectivity index (χ1) is 9.21. The van der Waals surface area contributed by atoms with Crippen LogP contribution in [0.25, 0.3) is 0 Å². The maximum atomic E-state index is 9.10. The van der Waals surface area contributed by atoms with Gasteiger partial charge in [-0.1, -0.05) is 17.7 Å². The van der Waals surface area contributed by atoms with Gasteiger partial charge in [0.05, 0.1) is 21.9 Å². The summed E-state index contributed by atoms with van der Waals surface area (Å²) in [5.41, 5.74) is 0.977. The molecule has 19 heavy (non-hydrogen) atoms. The zero-order valence-corrected chi connectivity index (χ0v) is 11.7. The summed E-state index contributed by atoms with van der Waals surface area (Å²) < 4.78 is 11.0. The zero-order valence-electron chi connectivity index (χ0n) is 10.9. The van der Waals surface area contributed by atoms with Gasteiger partial charge < -0.3 is 14.8 Å². The fourth-order valence-corrected chi connectivity index (χ4v) is 2.48. The van der Waals surface area contributed by atoms with Crippen LogP contribution in [0.5, 0.6) is 0 Å². The molecule has 1 heterocycles. The predicted molar refractivity (Wildman–Crippen MR) is 74.4 cm³/mol. The Kier molecular flexibility index (Phi) is 4.65. The smallest absolute Gasteiger partial charge is 0.101 e. The highest BCUT2D eigenvalue weighted by atomic mass is 35.5. The van der Waals surface area contributed by atoms with E-state index >= 15 is 0 Å². The molecule has 5 heteroatoms. The van der Waals surface area contributed by atoms with Crippen LogP contribution in [-0.2, 0) is 9.47 Å². The van der Waals surface area contributed by atoms with Crippen molar-refractivity contribution in [1.29, 1.82) is 5.26 Å². The molecule has 1 N–H and O–H groups in total. The van der Waals surface area contributed by atoms with Crippen molar-refractivity contribution in [2.45, 2.75) is 18.4 Å². The summed E-state index contributed by atoms with van der Waals surface area (Å²) in [5, 5.41) is 12.9. The first-order valence-electron chi connectivity index (χ1n) is 6.26. The molecule has 2 rings (SSSR count). The van der Waals surface area contributed by atoms with Gasteiger partial charge in [-0.3, -0.25) is 0 Å². The maximum Gasteiger partial charge on any atom is 0.101 e. The standard InChI is InChI=1S/C14H17ClN2O2/c1-18-14(5-7-19-8-6-14)10-17-13-11(9-16)3-2-4-12(13)15/h2-4,17H,5-8,10H2,1H3. The molecular weight excluding hydrogens is 264 g/mol. The van der Waals surface area contributed by atoms with Crippen LogP contribution in [0.1, 0.15) is 18.4 Å². The molecular formula is C14H17ClN2O2. The van der Waals surface area contributed by atoms with E-state index in [0.717, 1.165) is 12.8 Å². The molecule has 102 valence electrons. The lowest BCUT2D eigenvalue weighted by atomic mass is 9.94. The van der Waals surface area contributed by atoms with Crippen molar-refractivity contribution in [3.63, 3.8) is 0 Å². The molecule has 1 aliphatic rings. The molecule has 0 saturated carbocycles. The lowest BCUT2D eigenvalue weighted by Gasteiger charge is -2.36. The van der Waals surface area contributed by atoms with Crippen LogP contribution in [0.15, 0.2) is 18.2 Å². The quantitative estimate of drug-likeness (QED) is 0.921. The third-order valence-electron chi connectivity index (χ3n) is 3.56. The van der Waals surface area contributed by atoms with Gasteiger partial charge >= 0.3 is 0 Å². The first-order valence-corrected chi connectivity index (χ1v) is 6.64. The van der Waals surface area contributed by atoms with Crippen molar-refractivity contribution in [2.75, 3.05) is 32.2 Å². The third kappa shape index (κ3) is 3.19. The number of nitrogens with one attached hydrogen (secondary N) is 1. The van der Waals surface area contributed by atoms with Crippen molar-refractivity contribution in [3.8, 4) is 6.07 Å². The van der Waals surface area contributed by atoms with Crippen LogP contribution in [0.2, 0.25) is 5.02 Å². The van der Waals surface area contributed by atoms with Crippen molar-refractivity contribution < 1.29 is 9.47 Å². The Morgan fingerprint density at radius 1 is 1.47 bits per heavy atom. The second kappa shape index (κ2) is 6.25. The molecule has 0 aliphatic carbocycles. The normalized spacial score (nSPS) is 17.7. The molecule has 4 nitrogen and oxygen atoms in total. The van der Waals surface area contributed by atoms with Crippen LogP contribution in [0, 0.1) is 11.3 Å². The van der Waals surface area contributed by atoms with Crippen LogP contribution in [0.4, 0.5) is 5.69 Å². The van der Waals surface area contributed by atoms with Crippen LogP contribution >= 0.6 is 11.6 Å². The molecule has 0 atom stereocenters. The SMILES string of the molecule is COC1(CNc2c(Cl)cccc2C#N)CCOCC1. The van der Waals surface area contributed by atoms with Gasteiger partial charge in [0.2, 0.25) is 0 Å². The van der Waals surface area contributed by atoms with E-state index in [4.69, 9.17) is 26.3 Å². The van der Waals surface area contributed by atoms with Gasteiger partial charge in [0.15, 0.2) is 0 Å². The number of hydrogen-bond acceptors (Lipinski definition) is 4. The molecule has 1 aromatic rings. The van der Waals surface area contributed by atoms with Gasteiger partial charge in [0.1, 0.15) is 6.07 Å². The number of halogens is 1. The monoisotopic (exact) mass is 280 g/mol. The van der Waals surface area contributed by atoms with Crippen molar-refractivity contribution in [2.24, 2.45) is 0 Å². The highest BCUT2D eigenvalue weighted by molar-refractivity contribution is 6.33. The summed E-state index contributed by atoms with van der Waals surface area (Å²) >= 11 is 6.14. The fourth-order valence-electron chi connectivity index (χ4n) is 2.24. The van der Waals surface area contributed by atoms with E-state index in [-0.39, 0.29) is 5.60 Å². The molecule has 0 amide bonds. The second-order valence-corrected chi connectivity index (χ2v) is 5.03. The predicted octanol–water partition coefficient (Wildman–Crippen LogP) is 2.82. The Labute approximate surface area is 118 Å². The summed E-state index contributed by atoms with van der Waals surface area (Å²) in [6.07, 6.45) is 1.67. The summed E-state index contributed by atoms with van der Waals surface area (Å²) in [7, 11) is 1.71. The summed E-state index contributed by atoms with van der Waals surface area (Å²) in [4.78, 5) is 0. The van der Waals surface area contributed by atoms with Gasteiger partial charge in [-0.05, 0) is 12.1 Å². The Hall–Kier alpha value is -1.28. The minimum atomic E-state index is -0.246. The number of rotatable bonds is 4. The number of anilines is 1. The van der Waals surface area contributed by atoms with Gasteiger partial charge in [-0.2, -0.15) is 5.26 Å². The summed E-state index contributed by atoms with van der Waals surface area (Å²) in [6, 6.07) is 7.43. The molecule has 1 aromatic carbocycles. The first kappa shape index (κ1) is 14.1. The highest BCUT2D eigenvalue weighted by Crippen LogP contribution is 2.29. The molecule has 0 radical (unpaired) electrons.